The van der Waals surface area contributed by atoms with Crippen LogP contribution in [0.3, 0.4) is 0 Å². The summed E-state index contributed by atoms with van der Waals surface area (Å²) < 4.78 is 7.07. The molecule has 2 rings (SSSR count). The zero-order chi connectivity index (χ0) is 12.3. The van der Waals surface area contributed by atoms with E-state index >= 15 is 0 Å². The predicted molar refractivity (Wildman–Crippen MR) is 74.2 cm³/mol. The maximum absolute atomic E-state index is 5.96. The molecule has 0 aromatic heterocycles. The zero-order valence-corrected chi connectivity index (χ0v) is 12.1. The highest BCUT2D eigenvalue weighted by atomic mass is 79.9. The zero-order valence-electron chi connectivity index (χ0n) is 10.5. The minimum Gasteiger partial charge on any atom is -0.372 e. The van der Waals surface area contributed by atoms with E-state index in [1.54, 1.807) is 0 Å². The predicted octanol–water partition coefficient (Wildman–Crippen LogP) is 3.67. The lowest BCUT2D eigenvalue weighted by Gasteiger charge is -2.27. The van der Waals surface area contributed by atoms with Crippen molar-refractivity contribution in [1.82, 2.24) is 5.32 Å². The second kappa shape index (κ2) is 5.51. The Bertz CT molecular complexity index is 382. The molecule has 0 bridgehead atoms. The largest absolute Gasteiger partial charge is 0.372 e. The Morgan fingerprint density at radius 2 is 2.35 bits per heavy atom. The van der Waals surface area contributed by atoms with E-state index in [-0.39, 0.29) is 11.6 Å². The summed E-state index contributed by atoms with van der Waals surface area (Å²) in [7, 11) is 0. The van der Waals surface area contributed by atoms with E-state index in [0.29, 0.717) is 0 Å². The van der Waals surface area contributed by atoms with Crippen LogP contribution in [0, 0.1) is 0 Å². The van der Waals surface area contributed by atoms with Gasteiger partial charge in [0, 0.05) is 23.2 Å². The summed E-state index contributed by atoms with van der Waals surface area (Å²) in [6.07, 6.45) is 2.39. The third kappa shape index (κ3) is 3.30. The maximum atomic E-state index is 5.96. The summed E-state index contributed by atoms with van der Waals surface area (Å²) in [5.41, 5.74) is 1.47. The molecule has 3 heteroatoms. The van der Waals surface area contributed by atoms with Crippen LogP contribution >= 0.6 is 15.9 Å². The molecule has 0 radical (unpaired) electrons. The molecule has 2 unspecified atom stereocenters. The number of hydrogen-bond donors (Lipinski definition) is 1. The van der Waals surface area contributed by atoms with Crippen LogP contribution in [0.4, 0.5) is 0 Å². The van der Waals surface area contributed by atoms with Crippen molar-refractivity contribution in [2.45, 2.75) is 38.3 Å². The average Bonchev–Trinajstić information content (AvgIpc) is 2.52. The molecule has 2 nitrogen and oxygen atoms in total. The molecule has 1 N–H and O–H groups in total. The first kappa shape index (κ1) is 13.1. The SMILES string of the molecule is CCC1(C)CCOC(c2cccc(Br)c2)CN1. The standard InChI is InChI=1S/C14H20BrNO/c1-3-14(2)7-8-17-13(10-16-14)11-5-4-6-12(15)9-11/h4-6,9,13,16H,3,7-8,10H2,1-2H3. The Hall–Kier alpha value is -0.380. The van der Waals surface area contributed by atoms with E-state index in [9.17, 15) is 0 Å². The molecule has 0 saturated carbocycles. The van der Waals surface area contributed by atoms with Crippen molar-refractivity contribution >= 4 is 15.9 Å². The third-order valence-corrected chi connectivity index (χ3v) is 4.18. The van der Waals surface area contributed by atoms with Crippen molar-refractivity contribution in [1.29, 1.82) is 0 Å². The topological polar surface area (TPSA) is 21.3 Å². The fourth-order valence-electron chi connectivity index (χ4n) is 2.14. The fourth-order valence-corrected chi connectivity index (χ4v) is 2.55. The summed E-state index contributed by atoms with van der Waals surface area (Å²) in [5, 5.41) is 3.64. The molecular weight excluding hydrogens is 278 g/mol. The molecule has 1 fully saturated rings. The van der Waals surface area contributed by atoms with E-state index in [4.69, 9.17) is 4.74 Å². The van der Waals surface area contributed by atoms with Gasteiger partial charge in [0.25, 0.3) is 0 Å². The first-order chi connectivity index (χ1) is 8.13. The van der Waals surface area contributed by atoms with Gasteiger partial charge in [-0.1, -0.05) is 35.0 Å². The Labute approximate surface area is 112 Å². The lowest BCUT2D eigenvalue weighted by Crippen LogP contribution is -2.42. The van der Waals surface area contributed by atoms with E-state index in [1.165, 1.54) is 5.56 Å². The highest BCUT2D eigenvalue weighted by Gasteiger charge is 2.27. The van der Waals surface area contributed by atoms with E-state index in [1.807, 2.05) is 6.07 Å². The molecule has 0 amide bonds. The first-order valence-electron chi connectivity index (χ1n) is 6.25. The molecule has 1 aliphatic heterocycles. The van der Waals surface area contributed by atoms with Gasteiger partial charge in [-0.15, -0.1) is 0 Å². The second-order valence-electron chi connectivity index (χ2n) is 4.96. The number of nitrogens with one attached hydrogen (secondary N) is 1. The van der Waals surface area contributed by atoms with Crippen LogP contribution < -0.4 is 5.32 Å². The third-order valence-electron chi connectivity index (χ3n) is 3.69. The minimum atomic E-state index is 0.167. The van der Waals surface area contributed by atoms with Gasteiger partial charge in [0.15, 0.2) is 0 Å². The maximum Gasteiger partial charge on any atom is 0.0949 e. The number of hydrogen-bond acceptors (Lipinski definition) is 2. The number of halogens is 1. The van der Waals surface area contributed by atoms with Crippen molar-refractivity contribution in [3.63, 3.8) is 0 Å². The van der Waals surface area contributed by atoms with Gasteiger partial charge >= 0.3 is 0 Å². The summed E-state index contributed by atoms with van der Waals surface area (Å²) in [6, 6.07) is 8.38. The van der Waals surface area contributed by atoms with Gasteiger partial charge in [0.1, 0.15) is 0 Å². The molecular formula is C14H20BrNO. The molecule has 17 heavy (non-hydrogen) atoms. The van der Waals surface area contributed by atoms with Crippen LogP contribution in [0.1, 0.15) is 38.4 Å². The quantitative estimate of drug-likeness (QED) is 0.899. The lowest BCUT2D eigenvalue weighted by atomic mass is 9.95. The van der Waals surface area contributed by atoms with Crippen LogP contribution in [0.2, 0.25) is 0 Å². The summed E-state index contributed by atoms with van der Waals surface area (Å²) in [4.78, 5) is 0. The van der Waals surface area contributed by atoms with Crippen LogP contribution in [0.5, 0.6) is 0 Å². The smallest absolute Gasteiger partial charge is 0.0949 e. The summed E-state index contributed by atoms with van der Waals surface area (Å²) in [5.74, 6) is 0. The molecule has 0 aliphatic carbocycles. The molecule has 1 aliphatic rings. The van der Waals surface area contributed by atoms with E-state index < -0.39 is 0 Å². The molecule has 1 saturated heterocycles. The fraction of sp³-hybridized carbons (Fsp3) is 0.571. The van der Waals surface area contributed by atoms with Gasteiger partial charge in [0.2, 0.25) is 0 Å². The highest BCUT2D eigenvalue weighted by Crippen LogP contribution is 2.26. The number of ether oxygens (including phenoxy) is 1. The number of rotatable bonds is 2. The van der Waals surface area contributed by atoms with Gasteiger partial charge in [-0.05, 0) is 37.5 Å². The van der Waals surface area contributed by atoms with Crippen molar-refractivity contribution in [2.75, 3.05) is 13.2 Å². The van der Waals surface area contributed by atoms with Crippen LogP contribution in [0.15, 0.2) is 28.7 Å². The Balaban J connectivity index is 2.09. The van der Waals surface area contributed by atoms with Crippen LogP contribution in [-0.2, 0) is 4.74 Å². The molecule has 1 heterocycles. The van der Waals surface area contributed by atoms with Gasteiger partial charge in [-0.25, -0.2) is 0 Å². The van der Waals surface area contributed by atoms with Gasteiger partial charge < -0.3 is 10.1 Å². The van der Waals surface area contributed by atoms with E-state index in [0.717, 1.165) is 30.5 Å². The normalized spacial score (nSPS) is 29.9. The molecule has 2 atom stereocenters. The van der Waals surface area contributed by atoms with Crippen molar-refractivity contribution in [3.8, 4) is 0 Å². The van der Waals surface area contributed by atoms with Crippen LogP contribution in [0.25, 0.3) is 0 Å². The first-order valence-corrected chi connectivity index (χ1v) is 7.04. The Morgan fingerprint density at radius 1 is 1.53 bits per heavy atom. The van der Waals surface area contributed by atoms with Crippen molar-refractivity contribution in [3.05, 3.63) is 34.3 Å². The average molecular weight is 298 g/mol. The lowest BCUT2D eigenvalue weighted by molar-refractivity contribution is 0.0653. The molecule has 1 aromatic rings. The Morgan fingerprint density at radius 3 is 3.06 bits per heavy atom. The highest BCUT2D eigenvalue weighted by molar-refractivity contribution is 9.10. The van der Waals surface area contributed by atoms with E-state index in [2.05, 4.69) is 53.3 Å². The van der Waals surface area contributed by atoms with Crippen LogP contribution in [-0.4, -0.2) is 18.7 Å². The van der Waals surface area contributed by atoms with Crippen molar-refractivity contribution < 1.29 is 4.74 Å². The molecule has 94 valence electrons. The molecule has 1 aromatic carbocycles. The summed E-state index contributed by atoms with van der Waals surface area (Å²) in [6.45, 7) is 6.22. The number of benzene rings is 1. The minimum absolute atomic E-state index is 0.167. The second-order valence-corrected chi connectivity index (χ2v) is 5.88. The Kier molecular flexibility index (Phi) is 4.23. The van der Waals surface area contributed by atoms with Gasteiger partial charge in [-0.2, -0.15) is 0 Å². The summed E-state index contributed by atoms with van der Waals surface area (Å²) >= 11 is 3.51. The monoisotopic (exact) mass is 297 g/mol. The van der Waals surface area contributed by atoms with Gasteiger partial charge in [0.05, 0.1) is 6.10 Å². The van der Waals surface area contributed by atoms with Crippen molar-refractivity contribution in [2.24, 2.45) is 0 Å². The van der Waals surface area contributed by atoms with Gasteiger partial charge in [-0.3, -0.25) is 0 Å². The molecule has 0 spiro atoms.